The summed E-state index contributed by atoms with van der Waals surface area (Å²) in [6, 6.07) is 5.98. The highest BCUT2D eigenvalue weighted by molar-refractivity contribution is 6.33. The molecule has 0 saturated carbocycles. The lowest BCUT2D eigenvalue weighted by Gasteiger charge is -2.34. The number of carbonyl (C=O) groups is 1. The number of benzene rings is 1. The van der Waals surface area contributed by atoms with E-state index in [1.807, 2.05) is 4.90 Å². The molecular weight excluding hydrogens is 372 g/mol. The van der Waals surface area contributed by atoms with Crippen molar-refractivity contribution in [2.45, 2.75) is 6.42 Å². The summed E-state index contributed by atoms with van der Waals surface area (Å²) < 4.78 is 0. The summed E-state index contributed by atoms with van der Waals surface area (Å²) in [5, 5.41) is 14.0. The van der Waals surface area contributed by atoms with E-state index in [1.54, 1.807) is 24.5 Å². The number of carbonyl (C=O) groups excluding carboxylic acids is 1. The van der Waals surface area contributed by atoms with Crippen molar-refractivity contribution in [3.63, 3.8) is 0 Å². The zero-order valence-electron chi connectivity index (χ0n) is 14.5. The molecule has 1 aromatic heterocycles. The van der Waals surface area contributed by atoms with Gasteiger partial charge in [0.05, 0.1) is 15.6 Å². The summed E-state index contributed by atoms with van der Waals surface area (Å²) in [7, 11) is 0. The smallest absolute Gasteiger partial charge is 0.271 e. The van der Waals surface area contributed by atoms with Gasteiger partial charge in [0, 0.05) is 63.7 Å². The first-order valence-electron chi connectivity index (χ1n) is 8.52. The average Bonchev–Trinajstić information content (AvgIpc) is 2.69. The number of amides is 1. The second kappa shape index (κ2) is 8.63. The number of hydrogen-bond acceptors (Lipinski definition) is 7. The summed E-state index contributed by atoms with van der Waals surface area (Å²) in [4.78, 5) is 34.9. The Morgan fingerprint density at radius 2 is 1.93 bits per heavy atom. The van der Waals surface area contributed by atoms with Crippen LogP contribution in [0.5, 0.6) is 0 Å². The van der Waals surface area contributed by atoms with E-state index in [0.29, 0.717) is 50.8 Å². The molecule has 0 unspecified atom stereocenters. The molecule has 1 aliphatic rings. The highest BCUT2D eigenvalue weighted by atomic mass is 35.5. The molecule has 2 aromatic rings. The first-order valence-corrected chi connectivity index (χ1v) is 8.90. The van der Waals surface area contributed by atoms with Crippen LogP contribution in [0.3, 0.4) is 0 Å². The molecule has 0 atom stereocenters. The maximum absolute atomic E-state index is 12.4. The van der Waals surface area contributed by atoms with Gasteiger partial charge in [-0.05, 0) is 12.1 Å². The minimum absolute atomic E-state index is 0.0502. The van der Waals surface area contributed by atoms with Crippen molar-refractivity contribution in [2.24, 2.45) is 0 Å². The van der Waals surface area contributed by atoms with Gasteiger partial charge in [-0.2, -0.15) is 0 Å². The fourth-order valence-corrected chi connectivity index (χ4v) is 3.08. The van der Waals surface area contributed by atoms with Crippen molar-refractivity contribution in [3.05, 3.63) is 51.8 Å². The minimum Gasteiger partial charge on any atom is -0.383 e. The van der Waals surface area contributed by atoms with Crippen LogP contribution in [0.1, 0.15) is 6.42 Å². The van der Waals surface area contributed by atoms with E-state index in [1.165, 1.54) is 12.1 Å². The molecule has 0 aliphatic carbocycles. The minimum atomic E-state index is -0.501. The van der Waals surface area contributed by atoms with Gasteiger partial charge in [0.15, 0.2) is 0 Å². The number of nitro groups is 1. The van der Waals surface area contributed by atoms with Gasteiger partial charge >= 0.3 is 0 Å². The molecule has 1 aliphatic heterocycles. The van der Waals surface area contributed by atoms with Crippen molar-refractivity contribution < 1.29 is 9.72 Å². The van der Waals surface area contributed by atoms with Gasteiger partial charge in [-0.25, -0.2) is 9.97 Å². The number of nitro benzene ring substituents is 1. The number of non-ortho nitro benzene ring substituents is 1. The van der Waals surface area contributed by atoms with Crippen LogP contribution in [0.25, 0.3) is 0 Å². The third-order valence-corrected chi connectivity index (χ3v) is 4.60. The van der Waals surface area contributed by atoms with E-state index in [4.69, 9.17) is 11.6 Å². The van der Waals surface area contributed by atoms with Gasteiger partial charge in [-0.15, -0.1) is 0 Å². The second-order valence-electron chi connectivity index (χ2n) is 6.01. The second-order valence-corrected chi connectivity index (χ2v) is 6.42. The molecule has 1 aromatic carbocycles. The molecule has 27 heavy (non-hydrogen) atoms. The van der Waals surface area contributed by atoms with Gasteiger partial charge in [0.2, 0.25) is 11.9 Å². The monoisotopic (exact) mass is 390 g/mol. The Hall–Kier alpha value is -2.94. The molecule has 142 valence electrons. The normalized spacial score (nSPS) is 14.1. The van der Waals surface area contributed by atoms with Crippen LogP contribution >= 0.6 is 11.6 Å². The average molecular weight is 391 g/mol. The molecule has 9 nitrogen and oxygen atoms in total. The van der Waals surface area contributed by atoms with Crippen LogP contribution in [-0.4, -0.2) is 58.4 Å². The highest BCUT2D eigenvalue weighted by Gasteiger charge is 2.22. The SMILES string of the molecule is O=C(CCNc1ccc([N+](=O)[O-])cc1Cl)N1CCN(c2ncccn2)CC1. The Labute approximate surface area is 161 Å². The molecule has 3 rings (SSSR count). The van der Waals surface area contributed by atoms with Gasteiger partial charge in [-0.1, -0.05) is 11.6 Å². The molecule has 2 heterocycles. The number of piperazine rings is 1. The number of halogens is 1. The maximum atomic E-state index is 12.4. The van der Waals surface area contributed by atoms with Gasteiger partial charge in [0.25, 0.3) is 5.69 Å². The Morgan fingerprint density at radius 3 is 2.56 bits per heavy atom. The fraction of sp³-hybridized carbons (Fsp3) is 0.353. The van der Waals surface area contributed by atoms with Crippen molar-refractivity contribution in [1.29, 1.82) is 0 Å². The summed E-state index contributed by atoms with van der Waals surface area (Å²) >= 11 is 6.03. The number of nitrogens with zero attached hydrogens (tertiary/aromatic N) is 5. The largest absolute Gasteiger partial charge is 0.383 e. The fourth-order valence-electron chi connectivity index (χ4n) is 2.83. The number of hydrogen-bond donors (Lipinski definition) is 1. The van der Waals surface area contributed by atoms with Crippen LogP contribution < -0.4 is 10.2 Å². The highest BCUT2D eigenvalue weighted by Crippen LogP contribution is 2.26. The van der Waals surface area contributed by atoms with E-state index in [2.05, 4.69) is 20.2 Å². The third kappa shape index (κ3) is 4.82. The Morgan fingerprint density at radius 1 is 1.22 bits per heavy atom. The topological polar surface area (TPSA) is 104 Å². The molecule has 0 spiro atoms. The zero-order valence-corrected chi connectivity index (χ0v) is 15.3. The predicted octanol–water partition coefficient (Wildman–Crippen LogP) is 2.19. The molecule has 1 N–H and O–H groups in total. The van der Waals surface area contributed by atoms with E-state index in [0.717, 1.165) is 0 Å². The Balaban J connectivity index is 1.44. The summed E-state index contributed by atoms with van der Waals surface area (Å²) in [5.41, 5.74) is 0.503. The molecule has 0 bridgehead atoms. The standard InChI is InChI=1S/C17H19ClN6O3/c18-14-12-13(24(26)27)2-3-15(14)19-7-4-16(25)22-8-10-23(11-9-22)17-20-5-1-6-21-17/h1-3,5-6,12,19H,4,7-11H2. The lowest BCUT2D eigenvalue weighted by molar-refractivity contribution is -0.384. The van der Waals surface area contributed by atoms with Gasteiger partial charge < -0.3 is 15.1 Å². The van der Waals surface area contributed by atoms with Gasteiger partial charge in [-0.3, -0.25) is 14.9 Å². The number of rotatable bonds is 6. The Bertz CT molecular complexity index is 812. The first-order chi connectivity index (χ1) is 13.0. The van der Waals surface area contributed by atoms with Gasteiger partial charge in [0.1, 0.15) is 0 Å². The van der Waals surface area contributed by atoms with Crippen LogP contribution in [0.2, 0.25) is 5.02 Å². The molecule has 10 heteroatoms. The predicted molar refractivity (Wildman–Crippen MR) is 102 cm³/mol. The van der Waals surface area contributed by atoms with Crippen molar-refractivity contribution in [1.82, 2.24) is 14.9 Å². The number of nitrogens with one attached hydrogen (secondary N) is 1. The lowest BCUT2D eigenvalue weighted by Crippen LogP contribution is -2.49. The van der Waals surface area contributed by atoms with Crippen LogP contribution in [0.15, 0.2) is 36.7 Å². The molecule has 0 radical (unpaired) electrons. The van der Waals surface area contributed by atoms with E-state index >= 15 is 0 Å². The van der Waals surface area contributed by atoms with E-state index < -0.39 is 4.92 Å². The summed E-state index contributed by atoms with van der Waals surface area (Å²) in [6.45, 7) is 3.03. The van der Waals surface area contributed by atoms with Crippen molar-refractivity contribution in [2.75, 3.05) is 42.9 Å². The summed E-state index contributed by atoms with van der Waals surface area (Å²) in [5.74, 6) is 0.730. The lowest BCUT2D eigenvalue weighted by atomic mass is 10.2. The van der Waals surface area contributed by atoms with Crippen LogP contribution in [0, 0.1) is 10.1 Å². The number of anilines is 2. The van der Waals surface area contributed by atoms with Crippen LogP contribution in [-0.2, 0) is 4.79 Å². The number of aromatic nitrogens is 2. The molecule has 1 fully saturated rings. The van der Waals surface area contributed by atoms with Crippen molar-refractivity contribution in [3.8, 4) is 0 Å². The first kappa shape index (κ1) is 18.8. The van der Waals surface area contributed by atoms with Crippen LogP contribution in [0.4, 0.5) is 17.3 Å². The molecular formula is C17H19ClN6O3. The zero-order chi connectivity index (χ0) is 19.2. The quantitative estimate of drug-likeness (QED) is 0.595. The Kier molecular flexibility index (Phi) is 6.02. The van der Waals surface area contributed by atoms with E-state index in [9.17, 15) is 14.9 Å². The molecule has 1 amide bonds. The summed E-state index contributed by atoms with van der Waals surface area (Å²) in [6.07, 6.45) is 3.72. The van der Waals surface area contributed by atoms with E-state index in [-0.39, 0.29) is 16.6 Å². The third-order valence-electron chi connectivity index (χ3n) is 4.29. The maximum Gasteiger partial charge on any atom is 0.271 e. The molecule has 1 saturated heterocycles. The van der Waals surface area contributed by atoms with Crippen molar-refractivity contribution >= 4 is 34.8 Å².